The van der Waals surface area contributed by atoms with Crippen molar-refractivity contribution < 1.29 is 23.8 Å². The third kappa shape index (κ3) is 8.48. The minimum absolute atomic E-state index is 0.0415. The molecule has 36 heavy (non-hydrogen) atoms. The monoisotopic (exact) mass is 502 g/mol. The Kier molecular flexibility index (Phi) is 11.5. The number of nitrogens with zero attached hydrogens (tertiary/aromatic N) is 1. The molecule has 2 aliphatic rings. The van der Waals surface area contributed by atoms with Crippen LogP contribution in [0.5, 0.6) is 11.5 Å². The van der Waals surface area contributed by atoms with E-state index in [0.29, 0.717) is 44.1 Å². The van der Waals surface area contributed by atoms with Gasteiger partial charge in [0.05, 0.1) is 0 Å². The summed E-state index contributed by atoms with van der Waals surface area (Å²) < 4.78 is 17.7. The Morgan fingerprint density at radius 2 is 1.72 bits per heavy atom. The quantitative estimate of drug-likeness (QED) is 0.265. The first kappa shape index (κ1) is 28.5. The number of carbonyl (C=O) groups is 2. The Hall–Kier alpha value is -2.12. The molecule has 2 aliphatic heterocycles. The number of nitrogens with two attached hydrogens (primary N) is 1. The summed E-state index contributed by atoms with van der Waals surface area (Å²) in [5.74, 6) is 0.950. The van der Waals surface area contributed by atoms with Crippen molar-refractivity contribution in [3.8, 4) is 11.5 Å². The lowest BCUT2D eigenvalue weighted by molar-refractivity contribution is -0.156. The van der Waals surface area contributed by atoms with Crippen molar-refractivity contribution in [1.82, 2.24) is 4.90 Å². The van der Waals surface area contributed by atoms with Crippen LogP contribution in [0, 0.1) is 11.8 Å². The lowest BCUT2D eigenvalue weighted by atomic mass is 9.88. The zero-order chi connectivity index (χ0) is 25.9. The van der Waals surface area contributed by atoms with Crippen LogP contribution in [0.1, 0.15) is 90.2 Å². The van der Waals surface area contributed by atoms with Crippen LogP contribution >= 0.6 is 0 Å². The fourth-order valence-corrected chi connectivity index (χ4v) is 5.03. The second-order valence-electron chi connectivity index (χ2n) is 10.7. The van der Waals surface area contributed by atoms with E-state index < -0.39 is 18.1 Å². The van der Waals surface area contributed by atoms with Crippen molar-refractivity contribution in [2.24, 2.45) is 17.6 Å². The number of benzene rings is 1. The van der Waals surface area contributed by atoms with Gasteiger partial charge in [-0.3, -0.25) is 9.59 Å². The van der Waals surface area contributed by atoms with Crippen LogP contribution in [-0.2, 0) is 14.3 Å². The largest absolute Gasteiger partial charge is 0.486 e. The topological polar surface area (TPSA) is 91.1 Å². The molecular weight excluding hydrogens is 456 g/mol. The summed E-state index contributed by atoms with van der Waals surface area (Å²) in [6.07, 6.45) is 8.27. The van der Waals surface area contributed by atoms with E-state index in [1.54, 1.807) is 0 Å². The van der Waals surface area contributed by atoms with E-state index in [1.165, 1.54) is 19.3 Å². The first-order valence-electron chi connectivity index (χ1n) is 14.0. The molecule has 0 amide bonds. The fourth-order valence-electron chi connectivity index (χ4n) is 5.03. The fraction of sp³-hybridized carbons (Fsp3) is 0.724. The lowest BCUT2D eigenvalue weighted by Crippen LogP contribution is -2.40. The lowest BCUT2D eigenvalue weighted by Gasteiger charge is -2.32. The van der Waals surface area contributed by atoms with E-state index in [2.05, 4.69) is 11.8 Å². The van der Waals surface area contributed by atoms with Gasteiger partial charge in [-0.15, -0.1) is 0 Å². The predicted octanol–water partition coefficient (Wildman–Crippen LogP) is 5.06. The second-order valence-corrected chi connectivity index (χ2v) is 10.7. The first-order chi connectivity index (χ1) is 17.4. The molecule has 7 heteroatoms. The van der Waals surface area contributed by atoms with Gasteiger partial charge < -0.3 is 24.8 Å². The molecule has 3 rings (SSSR count). The molecule has 1 fully saturated rings. The maximum Gasteiger partial charge on any atom is 0.323 e. The number of ether oxygens (including phenoxy) is 3. The number of hydrogen-bond donors (Lipinski definition) is 1. The van der Waals surface area contributed by atoms with Gasteiger partial charge in [0, 0.05) is 25.3 Å². The number of likely N-dealkylation sites (tertiary alicyclic amines) is 1. The second kappa shape index (κ2) is 14.6. The van der Waals surface area contributed by atoms with E-state index in [0.717, 1.165) is 44.3 Å². The maximum atomic E-state index is 13.1. The summed E-state index contributed by atoms with van der Waals surface area (Å²) >= 11 is 0. The Labute approximate surface area is 217 Å². The van der Waals surface area contributed by atoms with Crippen LogP contribution in [-0.4, -0.2) is 55.5 Å². The molecule has 2 heterocycles. The number of carbonyl (C=O) groups excluding carboxylic acids is 2. The zero-order valence-electron chi connectivity index (χ0n) is 22.5. The van der Waals surface area contributed by atoms with Gasteiger partial charge in [0.15, 0.2) is 11.5 Å². The van der Waals surface area contributed by atoms with Gasteiger partial charge in [0.2, 0.25) is 0 Å². The average molecular weight is 503 g/mol. The molecule has 0 bridgehead atoms. The van der Waals surface area contributed by atoms with Gasteiger partial charge in [-0.05, 0) is 56.0 Å². The van der Waals surface area contributed by atoms with E-state index in [9.17, 15) is 9.59 Å². The van der Waals surface area contributed by atoms with Crippen molar-refractivity contribution in [3.05, 3.63) is 23.8 Å². The highest BCUT2D eigenvalue weighted by molar-refractivity contribution is 5.79. The number of rotatable bonds is 15. The van der Waals surface area contributed by atoms with Gasteiger partial charge in [-0.1, -0.05) is 52.5 Å². The molecule has 0 aromatic heterocycles. The predicted molar refractivity (Wildman–Crippen MR) is 141 cm³/mol. The van der Waals surface area contributed by atoms with Gasteiger partial charge in [-0.2, -0.15) is 0 Å². The van der Waals surface area contributed by atoms with Crippen LogP contribution in [0.2, 0.25) is 0 Å². The van der Waals surface area contributed by atoms with E-state index in [4.69, 9.17) is 19.9 Å². The maximum absolute atomic E-state index is 13.1. The van der Waals surface area contributed by atoms with Crippen LogP contribution in [0.4, 0.5) is 0 Å². The van der Waals surface area contributed by atoms with E-state index in [1.807, 2.05) is 32.0 Å². The van der Waals surface area contributed by atoms with Crippen molar-refractivity contribution in [3.63, 3.8) is 0 Å². The normalized spacial score (nSPS) is 18.1. The van der Waals surface area contributed by atoms with Crippen molar-refractivity contribution in [1.29, 1.82) is 0 Å². The molecule has 0 radical (unpaired) electrons. The standard InChI is InChI=1S/C29H46N2O5/c1-4-5-6-7-8-11-24(32)18-23(20-31-14-9-10-15-31)28(36-29(33)27(30)21(2)3)22-12-13-25-26(19-22)35-17-16-34-25/h12-13,19,21,23,27-28H,4-11,14-18,20,30H2,1-3H3/t23-,27+,28-/m1/s1. The smallest absolute Gasteiger partial charge is 0.323 e. The summed E-state index contributed by atoms with van der Waals surface area (Å²) in [4.78, 5) is 28.6. The Morgan fingerprint density at radius 1 is 1.03 bits per heavy atom. The summed E-state index contributed by atoms with van der Waals surface area (Å²) in [6, 6.07) is 4.99. The zero-order valence-corrected chi connectivity index (χ0v) is 22.5. The SMILES string of the molecule is CCCCCCCC(=O)C[C@H](CN1CCCC1)[C@H](OC(=O)[C@@H](N)C(C)C)c1ccc2c(c1)OCCO2. The summed E-state index contributed by atoms with van der Waals surface area (Å²) in [7, 11) is 0. The van der Waals surface area contributed by atoms with E-state index in [-0.39, 0.29) is 17.6 Å². The minimum Gasteiger partial charge on any atom is -0.486 e. The molecule has 7 nitrogen and oxygen atoms in total. The molecule has 1 aromatic rings. The van der Waals surface area contributed by atoms with Crippen LogP contribution in [0.25, 0.3) is 0 Å². The number of fused-ring (bicyclic) bond motifs is 1. The van der Waals surface area contributed by atoms with Crippen LogP contribution in [0.15, 0.2) is 18.2 Å². The highest BCUT2D eigenvalue weighted by Crippen LogP contribution is 2.38. The van der Waals surface area contributed by atoms with Gasteiger partial charge in [-0.25, -0.2) is 0 Å². The van der Waals surface area contributed by atoms with Gasteiger partial charge in [0.25, 0.3) is 0 Å². The molecule has 3 atom stereocenters. The molecule has 0 spiro atoms. The molecule has 2 N–H and O–H groups in total. The number of Topliss-reactive ketones (excluding diaryl/α,β-unsaturated/α-hetero) is 1. The number of unbranched alkanes of at least 4 members (excludes halogenated alkanes) is 4. The first-order valence-corrected chi connectivity index (χ1v) is 14.0. The number of hydrogen-bond acceptors (Lipinski definition) is 7. The molecule has 1 saturated heterocycles. The van der Waals surface area contributed by atoms with Crippen molar-refractivity contribution in [2.45, 2.75) is 90.7 Å². The summed E-state index contributed by atoms with van der Waals surface area (Å²) in [5.41, 5.74) is 6.99. The number of ketones is 1. The third-order valence-corrected chi connectivity index (χ3v) is 7.30. The van der Waals surface area contributed by atoms with Crippen LogP contribution < -0.4 is 15.2 Å². The Morgan fingerprint density at radius 3 is 2.42 bits per heavy atom. The Bertz CT molecular complexity index is 837. The third-order valence-electron chi connectivity index (χ3n) is 7.30. The van der Waals surface area contributed by atoms with Crippen molar-refractivity contribution in [2.75, 3.05) is 32.8 Å². The number of esters is 1. The average Bonchev–Trinajstić information content (AvgIpc) is 3.39. The van der Waals surface area contributed by atoms with Gasteiger partial charge >= 0.3 is 5.97 Å². The minimum atomic E-state index is -0.716. The highest BCUT2D eigenvalue weighted by Gasteiger charge is 2.34. The van der Waals surface area contributed by atoms with Gasteiger partial charge in [0.1, 0.15) is 31.1 Å². The molecule has 202 valence electrons. The molecule has 0 unspecified atom stereocenters. The highest BCUT2D eigenvalue weighted by atomic mass is 16.6. The molecule has 0 saturated carbocycles. The summed E-state index contributed by atoms with van der Waals surface area (Å²) in [5, 5.41) is 0. The van der Waals surface area contributed by atoms with Crippen molar-refractivity contribution >= 4 is 11.8 Å². The molecule has 0 aliphatic carbocycles. The van der Waals surface area contributed by atoms with Crippen LogP contribution in [0.3, 0.4) is 0 Å². The Balaban J connectivity index is 1.83. The van der Waals surface area contributed by atoms with E-state index >= 15 is 0 Å². The summed E-state index contributed by atoms with van der Waals surface area (Å²) in [6.45, 7) is 9.74. The molecule has 1 aromatic carbocycles. The molecular formula is C29H46N2O5.